The summed E-state index contributed by atoms with van der Waals surface area (Å²) in [6.45, 7) is 1.86. The Morgan fingerprint density at radius 2 is 2.00 bits per heavy atom. The van der Waals surface area contributed by atoms with Gasteiger partial charge in [-0.05, 0) is 24.6 Å². The smallest absolute Gasteiger partial charge is 0.160 e. The Kier molecular flexibility index (Phi) is 2.75. The first-order valence-corrected chi connectivity index (χ1v) is 5.02. The summed E-state index contributed by atoms with van der Waals surface area (Å²) < 4.78 is 5.10. The third-order valence-corrected chi connectivity index (χ3v) is 2.42. The minimum absolute atomic E-state index is 0.168. The second kappa shape index (κ2) is 4.04. The summed E-state index contributed by atoms with van der Waals surface area (Å²) in [5, 5.41) is 4.46. The van der Waals surface area contributed by atoms with E-state index in [0.29, 0.717) is 10.8 Å². The molecule has 1 atom stereocenters. The number of nitrogens with two attached hydrogens (primary N) is 1. The molecule has 1 unspecified atom stereocenters. The fourth-order valence-electron chi connectivity index (χ4n) is 1.42. The number of hydrogen-bond acceptors (Lipinski definition) is 3. The van der Waals surface area contributed by atoms with Gasteiger partial charge in [-0.2, -0.15) is 0 Å². The van der Waals surface area contributed by atoms with Crippen LogP contribution in [0.15, 0.2) is 35.0 Å². The monoisotopic (exact) mass is 222 g/mol. The van der Waals surface area contributed by atoms with Gasteiger partial charge in [-0.25, -0.2) is 0 Å². The van der Waals surface area contributed by atoms with Gasteiger partial charge in [0.05, 0.1) is 12.2 Å². The van der Waals surface area contributed by atoms with Crippen LogP contribution in [0.4, 0.5) is 0 Å². The second-order valence-corrected chi connectivity index (χ2v) is 3.84. The molecule has 0 aliphatic carbocycles. The van der Waals surface area contributed by atoms with Gasteiger partial charge >= 0.3 is 0 Å². The Bertz CT molecular complexity index is 448. The first kappa shape index (κ1) is 10.2. The molecule has 2 rings (SSSR count). The van der Waals surface area contributed by atoms with Crippen LogP contribution >= 0.6 is 11.6 Å². The number of aromatic nitrogens is 1. The van der Waals surface area contributed by atoms with Gasteiger partial charge in [-0.15, -0.1) is 0 Å². The van der Waals surface area contributed by atoms with Crippen molar-refractivity contribution in [2.75, 3.05) is 0 Å². The molecular weight excluding hydrogens is 212 g/mol. The highest BCUT2D eigenvalue weighted by Gasteiger charge is 2.13. The van der Waals surface area contributed by atoms with Crippen LogP contribution in [-0.2, 0) is 0 Å². The Balaban J connectivity index is 2.45. The summed E-state index contributed by atoms with van der Waals surface area (Å²) in [4.78, 5) is 0. The first-order valence-electron chi connectivity index (χ1n) is 4.64. The molecule has 0 bridgehead atoms. The molecule has 4 heteroatoms. The van der Waals surface area contributed by atoms with E-state index in [4.69, 9.17) is 21.9 Å². The molecule has 0 spiro atoms. The van der Waals surface area contributed by atoms with E-state index in [2.05, 4.69) is 5.16 Å². The zero-order valence-corrected chi connectivity index (χ0v) is 9.03. The summed E-state index contributed by atoms with van der Waals surface area (Å²) in [7, 11) is 0. The highest BCUT2D eigenvalue weighted by atomic mass is 35.5. The van der Waals surface area contributed by atoms with Gasteiger partial charge in [-0.1, -0.05) is 28.9 Å². The summed E-state index contributed by atoms with van der Waals surface area (Å²) in [6.07, 6.45) is 1.67. The predicted molar refractivity (Wildman–Crippen MR) is 59.6 cm³/mol. The Morgan fingerprint density at radius 1 is 1.33 bits per heavy atom. The maximum Gasteiger partial charge on any atom is 0.160 e. The number of rotatable bonds is 2. The van der Waals surface area contributed by atoms with Crippen molar-refractivity contribution in [3.63, 3.8) is 0 Å². The molecule has 0 radical (unpaired) electrons. The Hall–Kier alpha value is -1.32. The van der Waals surface area contributed by atoms with Crippen molar-refractivity contribution in [3.05, 3.63) is 41.2 Å². The zero-order chi connectivity index (χ0) is 10.8. The zero-order valence-electron chi connectivity index (χ0n) is 8.27. The topological polar surface area (TPSA) is 52.0 Å². The van der Waals surface area contributed by atoms with Crippen molar-refractivity contribution >= 4 is 11.6 Å². The molecule has 0 saturated heterocycles. The maximum absolute atomic E-state index is 5.81. The van der Waals surface area contributed by atoms with E-state index in [1.54, 1.807) is 6.20 Å². The summed E-state index contributed by atoms with van der Waals surface area (Å²) >= 11 is 5.81. The largest absolute Gasteiger partial charge is 0.359 e. The molecule has 0 aliphatic heterocycles. The van der Waals surface area contributed by atoms with E-state index in [1.165, 1.54) is 0 Å². The first-order chi connectivity index (χ1) is 7.18. The van der Waals surface area contributed by atoms with Crippen LogP contribution in [0.3, 0.4) is 0 Å². The lowest BCUT2D eigenvalue weighted by molar-refractivity contribution is 0.368. The molecule has 1 heterocycles. The van der Waals surface area contributed by atoms with Gasteiger partial charge in [0.15, 0.2) is 5.76 Å². The molecule has 0 saturated carbocycles. The minimum Gasteiger partial charge on any atom is -0.359 e. The third-order valence-electron chi connectivity index (χ3n) is 2.17. The fraction of sp³-hybridized carbons (Fsp3) is 0.182. The molecule has 2 aromatic rings. The maximum atomic E-state index is 5.81. The van der Waals surface area contributed by atoms with Crippen molar-refractivity contribution in [1.82, 2.24) is 5.16 Å². The van der Waals surface area contributed by atoms with Crippen LogP contribution in [0.2, 0.25) is 5.02 Å². The fourth-order valence-corrected chi connectivity index (χ4v) is 1.55. The lowest BCUT2D eigenvalue weighted by atomic mass is 10.0. The predicted octanol–water partition coefficient (Wildman–Crippen LogP) is 3.01. The molecule has 15 heavy (non-hydrogen) atoms. The molecule has 1 aromatic carbocycles. The van der Waals surface area contributed by atoms with Crippen LogP contribution in [0.5, 0.6) is 0 Å². The van der Waals surface area contributed by atoms with Crippen LogP contribution in [-0.4, -0.2) is 5.16 Å². The number of halogens is 1. The number of nitrogens with zero attached hydrogens (tertiary/aromatic N) is 1. The molecular formula is C11H11ClN2O. The average Bonchev–Trinajstić information content (AvgIpc) is 2.67. The van der Waals surface area contributed by atoms with Gasteiger partial charge in [0.1, 0.15) is 0 Å². The van der Waals surface area contributed by atoms with E-state index >= 15 is 0 Å². The summed E-state index contributed by atoms with van der Waals surface area (Å²) in [5.74, 6) is 0.692. The lowest BCUT2D eigenvalue weighted by Crippen LogP contribution is -2.04. The molecule has 78 valence electrons. The van der Waals surface area contributed by atoms with Crippen LogP contribution in [0, 0.1) is 0 Å². The van der Waals surface area contributed by atoms with E-state index in [-0.39, 0.29) is 6.04 Å². The van der Waals surface area contributed by atoms with Crippen LogP contribution < -0.4 is 5.73 Å². The van der Waals surface area contributed by atoms with Crippen molar-refractivity contribution in [2.45, 2.75) is 13.0 Å². The van der Waals surface area contributed by atoms with Gasteiger partial charge < -0.3 is 10.3 Å². The second-order valence-electron chi connectivity index (χ2n) is 3.40. The van der Waals surface area contributed by atoms with E-state index in [0.717, 1.165) is 11.1 Å². The van der Waals surface area contributed by atoms with E-state index in [1.807, 2.05) is 31.2 Å². The highest BCUT2D eigenvalue weighted by Crippen LogP contribution is 2.27. The lowest BCUT2D eigenvalue weighted by Gasteiger charge is -2.03. The number of hydrogen-bond donors (Lipinski definition) is 1. The number of benzene rings is 1. The van der Waals surface area contributed by atoms with Gasteiger partial charge in [0.2, 0.25) is 0 Å². The minimum atomic E-state index is -0.168. The standard InChI is InChI=1S/C11H11ClN2O/c1-7(13)11-10(6-14-15-11)8-2-4-9(12)5-3-8/h2-7H,13H2,1H3. The van der Waals surface area contributed by atoms with Crippen LogP contribution in [0.25, 0.3) is 11.1 Å². The highest BCUT2D eigenvalue weighted by molar-refractivity contribution is 6.30. The summed E-state index contributed by atoms with van der Waals surface area (Å²) in [5.41, 5.74) is 7.69. The molecule has 1 aromatic heterocycles. The van der Waals surface area contributed by atoms with Crippen molar-refractivity contribution in [3.8, 4) is 11.1 Å². The van der Waals surface area contributed by atoms with E-state index < -0.39 is 0 Å². The van der Waals surface area contributed by atoms with Crippen molar-refractivity contribution < 1.29 is 4.52 Å². The molecule has 3 nitrogen and oxygen atoms in total. The van der Waals surface area contributed by atoms with Crippen LogP contribution in [0.1, 0.15) is 18.7 Å². The molecule has 0 aliphatic rings. The van der Waals surface area contributed by atoms with Gasteiger partial charge in [0, 0.05) is 10.6 Å². The molecule has 0 fully saturated rings. The van der Waals surface area contributed by atoms with E-state index in [9.17, 15) is 0 Å². The van der Waals surface area contributed by atoms with Crippen molar-refractivity contribution in [2.24, 2.45) is 5.73 Å². The van der Waals surface area contributed by atoms with Gasteiger partial charge in [0.25, 0.3) is 0 Å². The quantitative estimate of drug-likeness (QED) is 0.850. The third kappa shape index (κ3) is 2.03. The average molecular weight is 223 g/mol. The van der Waals surface area contributed by atoms with Crippen molar-refractivity contribution in [1.29, 1.82) is 0 Å². The Labute approximate surface area is 92.8 Å². The Morgan fingerprint density at radius 3 is 2.60 bits per heavy atom. The molecule has 0 amide bonds. The molecule has 2 N–H and O–H groups in total. The summed E-state index contributed by atoms with van der Waals surface area (Å²) in [6, 6.07) is 7.32. The SMILES string of the molecule is CC(N)c1oncc1-c1ccc(Cl)cc1. The normalized spacial score (nSPS) is 12.7. The van der Waals surface area contributed by atoms with Gasteiger partial charge in [-0.3, -0.25) is 0 Å².